The summed E-state index contributed by atoms with van der Waals surface area (Å²) in [5.41, 5.74) is 2.02. The van der Waals surface area contributed by atoms with Gasteiger partial charge in [-0.05, 0) is 49.2 Å². The molecule has 0 spiro atoms. The molecule has 0 heterocycles. The second-order valence-electron chi connectivity index (χ2n) is 4.81. The fourth-order valence-corrected chi connectivity index (χ4v) is 1.95. The normalized spacial score (nSPS) is 11.9. The van der Waals surface area contributed by atoms with E-state index in [1.165, 1.54) is 0 Å². The van der Waals surface area contributed by atoms with Crippen molar-refractivity contribution in [3.8, 4) is 11.5 Å². The molecule has 0 radical (unpaired) electrons. The van der Waals surface area contributed by atoms with Crippen LogP contribution in [0.3, 0.4) is 0 Å². The van der Waals surface area contributed by atoms with Gasteiger partial charge < -0.3 is 15.5 Å². The van der Waals surface area contributed by atoms with E-state index in [2.05, 4.69) is 5.32 Å². The maximum atomic E-state index is 12.1. The number of carbonyl (C=O) groups excluding carboxylic acids is 1. The van der Waals surface area contributed by atoms with Crippen LogP contribution in [0.5, 0.6) is 11.5 Å². The topological polar surface area (TPSA) is 69.6 Å². The lowest BCUT2D eigenvalue weighted by Crippen LogP contribution is -2.26. The van der Waals surface area contributed by atoms with Crippen LogP contribution < -0.4 is 5.32 Å². The van der Waals surface area contributed by atoms with Gasteiger partial charge >= 0.3 is 0 Å². The molecule has 0 aliphatic carbocycles. The van der Waals surface area contributed by atoms with Gasteiger partial charge in [-0.15, -0.1) is 0 Å². The molecule has 4 heteroatoms. The third kappa shape index (κ3) is 3.09. The minimum atomic E-state index is -0.330. The van der Waals surface area contributed by atoms with Crippen molar-refractivity contribution in [2.45, 2.75) is 19.9 Å². The summed E-state index contributed by atoms with van der Waals surface area (Å²) in [4.78, 5) is 12.1. The fourth-order valence-electron chi connectivity index (χ4n) is 1.95. The van der Waals surface area contributed by atoms with Gasteiger partial charge in [-0.25, -0.2) is 0 Å². The van der Waals surface area contributed by atoms with Crippen molar-refractivity contribution in [2.24, 2.45) is 0 Å². The number of phenols is 2. The van der Waals surface area contributed by atoms with Crippen LogP contribution >= 0.6 is 0 Å². The van der Waals surface area contributed by atoms with Crippen LogP contribution in [0.15, 0.2) is 42.5 Å². The number of amides is 1. The summed E-state index contributed by atoms with van der Waals surface area (Å²) in [6.45, 7) is 3.69. The maximum absolute atomic E-state index is 12.1. The van der Waals surface area contributed by atoms with E-state index in [1.54, 1.807) is 42.5 Å². The highest BCUT2D eigenvalue weighted by Crippen LogP contribution is 2.21. The molecular formula is C16H17NO3. The first kappa shape index (κ1) is 13.9. The summed E-state index contributed by atoms with van der Waals surface area (Å²) in [7, 11) is 0. The summed E-state index contributed by atoms with van der Waals surface area (Å²) >= 11 is 0. The number of nitrogens with one attached hydrogen (secondary N) is 1. The molecule has 2 rings (SSSR count). The molecule has 0 saturated carbocycles. The van der Waals surface area contributed by atoms with Crippen molar-refractivity contribution < 1.29 is 15.0 Å². The molecule has 0 aromatic heterocycles. The number of carbonyl (C=O) groups is 1. The Morgan fingerprint density at radius 2 is 1.75 bits per heavy atom. The second kappa shape index (κ2) is 5.65. The molecule has 104 valence electrons. The molecule has 1 amide bonds. The van der Waals surface area contributed by atoms with Crippen molar-refractivity contribution >= 4 is 5.91 Å². The summed E-state index contributed by atoms with van der Waals surface area (Å²) in [5, 5.41) is 21.8. The maximum Gasteiger partial charge on any atom is 0.255 e. The van der Waals surface area contributed by atoms with Gasteiger partial charge in [0.1, 0.15) is 11.5 Å². The molecular weight excluding hydrogens is 254 g/mol. The zero-order valence-electron chi connectivity index (χ0n) is 11.4. The Balaban J connectivity index is 2.13. The van der Waals surface area contributed by atoms with Gasteiger partial charge in [0.2, 0.25) is 0 Å². The van der Waals surface area contributed by atoms with Crippen molar-refractivity contribution in [3.63, 3.8) is 0 Å². The monoisotopic (exact) mass is 271 g/mol. The minimum Gasteiger partial charge on any atom is -0.508 e. The smallest absolute Gasteiger partial charge is 0.255 e. The van der Waals surface area contributed by atoms with E-state index in [-0.39, 0.29) is 29.0 Å². The highest BCUT2D eigenvalue weighted by molar-refractivity contribution is 5.97. The van der Waals surface area contributed by atoms with E-state index in [1.807, 2.05) is 13.8 Å². The van der Waals surface area contributed by atoms with Crippen molar-refractivity contribution in [1.82, 2.24) is 5.32 Å². The molecule has 2 aromatic carbocycles. The molecule has 0 aliphatic rings. The van der Waals surface area contributed by atoms with Crippen LogP contribution in [-0.4, -0.2) is 16.1 Å². The first-order valence-electron chi connectivity index (χ1n) is 6.37. The molecule has 0 fully saturated rings. The number of hydrogen-bond donors (Lipinski definition) is 3. The molecule has 0 bridgehead atoms. The first-order chi connectivity index (χ1) is 9.47. The van der Waals surface area contributed by atoms with Crippen molar-refractivity contribution in [1.29, 1.82) is 0 Å². The Labute approximate surface area is 117 Å². The largest absolute Gasteiger partial charge is 0.508 e. The lowest BCUT2D eigenvalue weighted by Gasteiger charge is -2.15. The SMILES string of the molecule is Cc1ccc(C(=O)NC(C)c2ccc(O)cc2)c(O)c1. The van der Waals surface area contributed by atoms with Crippen LogP contribution in [0.1, 0.15) is 34.5 Å². The number of aromatic hydroxyl groups is 2. The molecule has 20 heavy (non-hydrogen) atoms. The summed E-state index contributed by atoms with van der Waals surface area (Å²) in [6, 6.07) is 11.3. The number of rotatable bonds is 3. The van der Waals surface area contributed by atoms with E-state index in [0.717, 1.165) is 11.1 Å². The van der Waals surface area contributed by atoms with E-state index < -0.39 is 0 Å². The van der Waals surface area contributed by atoms with E-state index in [4.69, 9.17) is 0 Å². The predicted octanol–water partition coefficient (Wildman–Crippen LogP) is 2.90. The summed E-state index contributed by atoms with van der Waals surface area (Å²) in [6.07, 6.45) is 0. The minimum absolute atomic E-state index is 0.0274. The third-order valence-electron chi connectivity index (χ3n) is 3.14. The van der Waals surface area contributed by atoms with Gasteiger partial charge in [-0.3, -0.25) is 4.79 Å². The Bertz CT molecular complexity index is 620. The predicted molar refractivity (Wildman–Crippen MR) is 76.8 cm³/mol. The zero-order valence-corrected chi connectivity index (χ0v) is 11.4. The van der Waals surface area contributed by atoms with E-state index >= 15 is 0 Å². The third-order valence-corrected chi connectivity index (χ3v) is 3.14. The van der Waals surface area contributed by atoms with Crippen LogP contribution in [0, 0.1) is 6.92 Å². The quantitative estimate of drug-likeness (QED) is 0.804. The first-order valence-corrected chi connectivity index (χ1v) is 6.37. The van der Waals surface area contributed by atoms with Crippen LogP contribution in [0.2, 0.25) is 0 Å². The number of aryl methyl sites for hydroxylation is 1. The Kier molecular flexibility index (Phi) is 3.94. The van der Waals surface area contributed by atoms with E-state index in [9.17, 15) is 15.0 Å². The fraction of sp³-hybridized carbons (Fsp3) is 0.188. The van der Waals surface area contributed by atoms with Crippen LogP contribution in [-0.2, 0) is 0 Å². The van der Waals surface area contributed by atoms with E-state index in [0.29, 0.717) is 0 Å². The van der Waals surface area contributed by atoms with Crippen LogP contribution in [0.4, 0.5) is 0 Å². The van der Waals surface area contributed by atoms with Gasteiger partial charge in [0.05, 0.1) is 11.6 Å². The summed E-state index contributed by atoms with van der Waals surface area (Å²) in [5.74, 6) is -0.174. The van der Waals surface area contributed by atoms with Crippen molar-refractivity contribution in [2.75, 3.05) is 0 Å². The number of benzene rings is 2. The number of phenolic OH excluding ortho intramolecular Hbond substituents is 2. The highest BCUT2D eigenvalue weighted by Gasteiger charge is 2.14. The van der Waals surface area contributed by atoms with Crippen molar-refractivity contribution in [3.05, 3.63) is 59.2 Å². The van der Waals surface area contributed by atoms with Gasteiger partial charge in [-0.1, -0.05) is 18.2 Å². The van der Waals surface area contributed by atoms with Gasteiger partial charge in [0, 0.05) is 0 Å². The highest BCUT2D eigenvalue weighted by atomic mass is 16.3. The molecule has 2 aromatic rings. The lowest BCUT2D eigenvalue weighted by molar-refractivity contribution is 0.0937. The van der Waals surface area contributed by atoms with Crippen LogP contribution in [0.25, 0.3) is 0 Å². The average molecular weight is 271 g/mol. The Morgan fingerprint density at radius 1 is 1.10 bits per heavy atom. The van der Waals surface area contributed by atoms with Gasteiger partial charge in [0.15, 0.2) is 0 Å². The lowest BCUT2D eigenvalue weighted by atomic mass is 10.1. The molecule has 3 N–H and O–H groups in total. The molecule has 4 nitrogen and oxygen atoms in total. The number of hydrogen-bond acceptors (Lipinski definition) is 3. The zero-order chi connectivity index (χ0) is 14.7. The molecule has 1 unspecified atom stereocenters. The molecule has 0 saturated heterocycles. The van der Waals surface area contributed by atoms with Gasteiger partial charge in [-0.2, -0.15) is 0 Å². The Hall–Kier alpha value is -2.49. The second-order valence-corrected chi connectivity index (χ2v) is 4.81. The molecule has 0 aliphatic heterocycles. The Morgan fingerprint density at radius 3 is 2.35 bits per heavy atom. The summed E-state index contributed by atoms with van der Waals surface area (Å²) < 4.78 is 0. The standard InChI is InChI=1S/C16H17NO3/c1-10-3-8-14(15(19)9-10)16(20)17-11(2)12-4-6-13(18)7-5-12/h3-9,11,18-19H,1-2H3,(H,17,20). The molecule has 1 atom stereocenters. The average Bonchev–Trinajstić information content (AvgIpc) is 2.39. The van der Waals surface area contributed by atoms with Gasteiger partial charge in [0.25, 0.3) is 5.91 Å².